The van der Waals surface area contributed by atoms with Crippen molar-refractivity contribution in [3.05, 3.63) is 97.4 Å². The first kappa shape index (κ1) is 26.1. The Morgan fingerprint density at radius 1 is 0.600 bits per heavy atom. The van der Waals surface area contributed by atoms with Crippen LogP contribution < -0.4 is 0 Å². The van der Waals surface area contributed by atoms with Crippen molar-refractivity contribution in [3.63, 3.8) is 0 Å². The number of oxazole rings is 4. The van der Waals surface area contributed by atoms with Crippen molar-refractivity contribution in [2.24, 2.45) is 0 Å². The van der Waals surface area contributed by atoms with Crippen molar-refractivity contribution in [1.82, 2.24) is 39.9 Å². The molecule has 0 spiro atoms. The molecule has 200 valence electrons. The number of hydrogen-bond donors (Lipinski definition) is 0. The van der Waals surface area contributed by atoms with Gasteiger partial charge in [-0.3, -0.25) is 19.9 Å². The van der Waals surface area contributed by atoms with E-state index in [0.717, 1.165) is 61.4 Å². The highest BCUT2D eigenvalue weighted by Crippen LogP contribution is 2.14. The topological polar surface area (TPSA) is 156 Å². The molecular formula is C28H24N8O4. The molecule has 12 nitrogen and oxygen atoms in total. The summed E-state index contributed by atoms with van der Waals surface area (Å²) >= 11 is 0. The average Bonchev–Trinajstić information content (AvgIpc) is 3.76. The predicted octanol–water partition coefficient (Wildman–Crippen LogP) is 6.12. The van der Waals surface area contributed by atoms with Gasteiger partial charge in [0.1, 0.15) is 22.1 Å². The third-order valence-corrected chi connectivity index (χ3v) is 5.50. The second-order valence-corrected chi connectivity index (χ2v) is 8.47. The lowest BCUT2D eigenvalue weighted by atomic mass is 10.3. The zero-order valence-electron chi connectivity index (χ0n) is 22.1. The molecule has 0 aromatic carbocycles. The van der Waals surface area contributed by atoms with E-state index in [1.165, 1.54) is 19.2 Å². The van der Waals surface area contributed by atoms with Crippen molar-refractivity contribution in [1.29, 1.82) is 0 Å². The quantitative estimate of drug-likeness (QED) is 0.219. The largest absolute Gasteiger partial charge is 0.443 e. The second kappa shape index (κ2) is 11.9. The molecule has 8 aromatic rings. The van der Waals surface area contributed by atoms with E-state index in [1.54, 1.807) is 49.3 Å². The van der Waals surface area contributed by atoms with Crippen molar-refractivity contribution in [3.8, 4) is 0 Å². The molecule has 0 radical (unpaired) electrons. The minimum Gasteiger partial charge on any atom is -0.443 e. The zero-order chi connectivity index (χ0) is 27.9. The predicted molar refractivity (Wildman–Crippen MR) is 146 cm³/mol. The minimum absolute atomic E-state index is 0.683. The Hall–Kier alpha value is -5.52. The molecule has 0 fully saturated rings. The monoisotopic (exact) mass is 536 g/mol. The highest BCUT2D eigenvalue weighted by molar-refractivity contribution is 5.74. The van der Waals surface area contributed by atoms with Gasteiger partial charge in [0.15, 0.2) is 47.4 Å². The molecule has 8 rings (SSSR count). The first-order chi connectivity index (χ1) is 19.5. The molecule has 0 unspecified atom stereocenters. The molecule has 0 aliphatic rings. The molecule has 12 heteroatoms. The van der Waals surface area contributed by atoms with Crippen LogP contribution in [0.2, 0.25) is 0 Å². The summed E-state index contributed by atoms with van der Waals surface area (Å²) in [6.45, 7) is 7.59. The van der Waals surface area contributed by atoms with Crippen LogP contribution in [0.25, 0.3) is 44.4 Å². The summed E-state index contributed by atoms with van der Waals surface area (Å²) in [6, 6.07) is 5.47. The van der Waals surface area contributed by atoms with Gasteiger partial charge in [0, 0.05) is 55.0 Å². The number of pyridine rings is 4. The minimum atomic E-state index is 0.683. The highest BCUT2D eigenvalue weighted by Gasteiger charge is 2.01. The Kier molecular flexibility index (Phi) is 7.77. The maximum absolute atomic E-state index is 5.22. The second-order valence-electron chi connectivity index (χ2n) is 8.47. The summed E-state index contributed by atoms with van der Waals surface area (Å²) in [7, 11) is 0. The normalized spacial score (nSPS) is 10.5. The van der Waals surface area contributed by atoms with Gasteiger partial charge in [-0.15, -0.1) is 0 Å². The number of hydrogen-bond acceptors (Lipinski definition) is 12. The number of nitrogens with zero attached hydrogens (tertiary/aromatic N) is 8. The highest BCUT2D eigenvalue weighted by atomic mass is 16.3. The van der Waals surface area contributed by atoms with Gasteiger partial charge in [0.2, 0.25) is 0 Å². The fourth-order valence-electron chi connectivity index (χ4n) is 3.60. The molecule has 0 atom stereocenters. The van der Waals surface area contributed by atoms with Crippen LogP contribution in [0.15, 0.2) is 92.2 Å². The molecule has 40 heavy (non-hydrogen) atoms. The molecule has 0 aliphatic carbocycles. The fraction of sp³-hybridized carbons (Fsp3) is 0.143. The van der Waals surface area contributed by atoms with E-state index in [0.29, 0.717) is 5.89 Å². The van der Waals surface area contributed by atoms with Crippen LogP contribution in [0, 0.1) is 27.7 Å². The van der Waals surface area contributed by atoms with E-state index in [-0.39, 0.29) is 0 Å². The van der Waals surface area contributed by atoms with Gasteiger partial charge in [0.05, 0.1) is 24.3 Å². The Morgan fingerprint density at radius 3 is 2.17 bits per heavy atom. The van der Waals surface area contributed by atoms with E-state index in [9.17, 15) is 0 Å². The average molecular weight is 537 g/mol. The Balaban J connectivity index is 0.000000108. The van der Waals surface area contributed by atoms with Crippen LogP contribution in [-0.2, 0) is 0 Å². The van der Waals surface area contributed by atoms with Crippen LogP contribution in [-0.4, -0.2) is 39.9 Å². The van der Waals surface area contributed by atoms with Gasteiger partial charge in [-0.1, -0.05) is 0 Å². The molecule has 8 heterocycles. The summed E-state index contributed by atoms with van der Waals surface area (Å²) < 4.78 is 20.4. The standard InChI is InChI=1S/4C7H6N2O/c1-5-2-8-3-6-7(5)10-4-9-6;1-5-2-7-6(3-8-5)9-4-10-7;1-5-9-6-4-8-3-2-7(6)10-5;1-5-7-6(2-3-8-5)10-4-9-7/h4*2-4H,1H3. The summed E-state index contributed by atoms with van der Waals surface area (Å²) in [5.74, 6) is 0.683. The van der Waals surface area contributed by atoms with Gasteiger partial charge in [-0.25, -0.2) is 19.9 Å². The van der Waals surface area contributed by atoms with Crippen LogP contribution in [0.3, 0.4) is 0 Å². The van der Waals surface area contributed by atoms with E-state index in [4.69, 9.17) is 17.7 Å². The molecule has 0 saturated carbocycles. The maximum Gasteiger partial charge on any atom is 0.192 e. The number of rotatable bonds is 0. The molecule has 0 bridgehead atoms. The molecular weight excluding hydrogens is 512 g/mol. The maximum atomic E-state index is 5.22. The Bertz CT molecular complexity index is 1880. The molecule has 8 aromatic heterocycles. The van der Waals surface area contributed by atoms with E-state index < -0.39 is 0 Å². The smallest absolute Gasteiger partial charge is 0.192 e. The molecule has 0 amide bonds. The number of aryl methyl sites for hydroxylation is 4. The first-order valence-electron chi connectivity index (χ1n) is 12.1. The van der Waals surface area contributed by atoms with Crippen molar-refractivity contribution >= 4 is 44.4 Å². The zero-order valence-corrected chi connectivity index (χ0v) is 22.1. The summed E-state index contributed by atoms with van der Waals surface area (Å²) in [5.41, 5.74) is 9.40. The summed E-state index contributed by atoms with van der Waals surface area (Å²) in [5, 5.41) is 0. The van der Waals surface area contributed by atoms with Crippen LogP contribution in [0.4, 0.5) is 0 Å². The van der Waals surface area contributed by atoms with Crippen molar-refractivity contribution in [2.45, 2.75) is 27.7 Å². The van der Waals surface area contributed by atoms with Gasteiger partial charge in [0.25, 0.3) is 0 Å². The van der Waals surface area contributed by atoms with Gasteiger partial charge < -0.3 is 17.7 Å². The lowest BCUT2D eigenvalue weighted by molar-refractivity contribution is 0.561. The van der Waals surface area contributed by atoms with E-state index >= 15 is 0 Å². The lowest BCUT2D eigenvalue weighted by Gasteiger charge is -1.88. The Labute approximate surface area is 227 Å². The molecule has 0 aliphatic heterocycles. The van der Waals surface area contributed by atoms with Crippen molar-refractivity contribution < 1.29 is 17.7 Å². The van der Waals surface area contributed by atoms with Gasteiger partial charge >= 0.3 is 0 Å². The van der Waals surface area contributed by atoms with Crippen LogP contribution in [0.1, 0.15) is 22.8 Å². The van der Waals surface area contributed by atoms with E-state index in [2.05, 4.69) is 39.9 Å². The number of aromatic nitrogens is 8. The summed E-state index contributed by atoms with van der Waals surface area (Å²) in [4.78, 5) is 31.9. The third-order valence-electron chi connectivity index (χ3n) is 5.50. The van der Waals surface area contributed by atoms with Gasteiger partial charge in [-0.05, 0) is 20.8 Å². The summed E-state index contributed by atoms with van der Waals surface area (Å²) in [6.07, 6.45) is 14.5. The lowest BCUT2D eigenvalue weighted by Crippen LogP contribution is -1.79. The fourth-order valence-corrected chi connectivity index (χ4v) is 3.60. The Morgan fingerprint density at radius 2 is 1.35 bits per heavy atom. The van der Waals surface area contributed by atoms with Gasteiger partial charge in [-0.2, -0.15) is 0 Å². The molecule has 0 N–H and O–H groups in total. The van der Waals surface area contributed by atoms with Crippen LogP contribution in [0.5, 0.6) is 0 Å². The van der Waals surface area contributed by atoms with E-state index in [1.807, 2.05) is 33.8 Å². The van der Waals surface area contributed by atoms with Crippen LogP contribution >= 0.6 is 0 Å². The molecule has 0 saturated heterocycles. The first-order valence-corrected chi connectivity index (χ1v) is 12.1. The SMILES string of the molecule is Cc1cc2ocnc2cn1.Cc1cncc2ncoc12.Cc1nc2cnccc2o1.Cc1nccc2ocnc12. The van der Waals surface area contributed by atoms with Crippen molar-refractivity contribution in [2.75, 3.05) is 0 Å². The third kappa shape index (κ3) is 6.13. The number of fused-ring (bicyclic) bond motifs is 4.